The van der Waals surface area contributed by atoms with Gasteiger partial charge in [-0.2, -0.15) is 0 Å². The molecule has 3 heteroatoms. The lowest BCUT2D eigenvalue weighted by Gasteiger charge is -2.27. The molecule has 1 N–H and O–H groups in total. The quantitative estimate of drug-likeness (QED) is 0.838. The highest BCUT2D eigenvalue weighted by atomic mass is 15.3. The van der Waals surface area contributed by atoms with E-state index in [2.05, 4.69) is 22.2 Å². The smallest absolute Gasteiger partial charge is 0.0223 e. The van der Waals surface area contributed by atoms with Crippen LogP contribution in [0.15, 0.2) is 0 Å². The van der Waals surface area contributed by atoms with E-state index < -0.39 is 0 Å². The van der Waals surface area contributed by atoms with E-state index in [1.54, 1.807) is 0 Å². The van der Waals surface area contributed by atoms with Gasteiger partial charge in [0, 0.05) is 18.6 Å². The van der Waals surface area contributed by atoms with E-state index in [1.165, 1.54) is 77.7 Å². The topological polar surface area (TPSA) is 18.5 Å². The average Bonchev–Trinajstić information content (AvgIpc) is 2.68. The van der Waals surface area contributed by atoms with Crippen molar-refractivity contribution in [1.82, 2.24) is 15.1 Å². The van der Waals surface area contributed by atoms with Crippen molar-refractivity contribution >= 4 is 0 Å². The van der Waals surface area contributed by atoms with Gasteiger partial charge >= 0.3 is 0 Å². The summed E-state index contributed by atoms with van der Waals surface area (Å²) < 4.78 is 0. The molecule has 2 bridgehead atoms. The lowest BCUT2D eigenvalue weighted by atomic mass is 9.93. The first kappa shape index (κ1) is 13.8. The van der Waals surface area contributed by atoms with Crippen molar-refractivity contribution in [1.29, 1.82) is 0 Å². The van der Waals surface area contributed by atoms with Crippen molar-refractivity contribution < 1.29 is 0 Å². The van der Waals surface area contributed by atoms with Gasteiger partial charge in [0.1, 0.15) is 0 Å². The van der Waals surface area contributed by atoms with Crippen molar-refractivity contribution in [3.63, 3.8) is 0 Å². The first-order valence-electron chi connectivity index (χ1n) is 8.48. The molecule has 0 aromatic rings. The second kappa shape index (κ2) is 6.55. The summed E-state index contributed by atoms with van der Waals surface area (Å²) >= 11 is 0. The Bertz CT molecular complexity index is 275. The number of hydrogen-bond donors (Lipinski definition) is 1. The van der Waals surface area contributed by atoms with Crippen LogP contribution in [0.2, 0.25) is 0 Å². The SMILES string of the molecule is CN1C2CCC1CN(CCCC1CCNCC1)CC2. The van der Waals surface area contributed by atoms with Gasteiger partial charge in [0.15, 0.2) is 0 Å². The molecule has 2 unspecified atom stereocenters. The van der Waals surface area contributed by atoms with E-state index in [9.17, 15) is 0 Å². The van der Waals surface area contributed by atoms with Gasteiger partial charge in [-0.25, -0.2) is 0 Å². The number of hydrogen-bond acceptors (Lipinski definition) is 3. The number of rotatable bonds is 4. The van der Waals surface area contributed by atoms with Crippen LogP contribution in [0.25, 0.3) is 0 Å². The first-order valence-corrected chi connectivity index (χ1v) is 8.48. The van der Waals surface area contributed by atoms with Crippen molar-refractivity contribution in [2.24, 2.45) is 5.92 Å². The molecule has 3 nitrogen and oxygen atoms in total. The highest BCUT2D eigenvalue weighted by Crippen LogP contribution is 2.28. The molecular weight excluding hydrogens is 234 g/mol. The van der Waals surface area contributed by atoms with Gasteiger partial charge in [0.25, 0.3) is 0 Å². The summed E-state index contributed by atoms with van der Waals surface area (Å²) in [6.45, 7) is 6.53. The Labute approximate surface area is 118 Å². The van der Waals surface area contributed by atoms with E-state index in [1.807, 2.05) is 0 Å². The molecule has 0 saturated carbocycles. The van der Waals surface area contributed by atoms with Gasteiger partial charge in [-0.15, -0.1) is 0 Å². The van der Waals surface area contributed by atoms with E-state index >= 15 is 0 Å². The van der Waals surface area contributed by atoms with Crippen LogP contribution in [-0.2, 0) is 0 Å². The number of likely N-dealkylation sites (N-methyl/N-ethyl adjacent to an activating group) is 1. The average molecular weight is 265 g/mol. The van der Waals surface area contributed by atoms with Gasteiger partial charge < -0.3 is 10.2 Å². The molecule has 19 heavy (non-hydrogen) atoms. The minimum Gasteiger partial charge on any atom is -0.317 e. The fourth-order valence-corrected chi connectivity index (χ4v) is 4.36. The molecular formula is C16H31N3. The predicted molar refractivity (Wildman–Crippen MR) is 80.5 cm³/mol. The van der Waals surface area contributed by atoms with Crippen LogP contribution in [-0.4, -0.2) is 61.7 Å². The second-order valence-corrected chi connectivity index (χ2v) is 6.98. The van der Waals surface area contributed by atoms with Gasteiger partial charge in [-0.3, -0.25) is 4.90 Å². The van der Waals surface area contributed by atoms with E-state index in [-0.39, 0.29) is 0 Å². The lowest BCUT2D eigenvalue weighted by Crippen LogP contribution is -2.37. The third kappa shape index (κ3) is 3.50. The Hall–Kier alpha value is -0.120. The summed E-state index contributed by atoms with van der Waals surface area (Å²) in [6.07, 6.45) is 9.99. The molecule has 3 saturated heterocycles. The van der Waals surface area contributed by atoms with Crippen LogP contribution in [0.3, 0.4) is 0 Å². The fraction of sp³-hybridized carbons (Fsp3) is 1.00. The summed E-state index contributed by atoms with van der Waals surface area (Å²) in [5, 5.41) is 3.47. The van der Waals surface area contributed by atoms with Crippen molar-refractivity contribution in [2.75, 3.05) is 39.8 Å². The van der Waals surface area contributed by atoms with Crippen LogP contribution in [0.4, 0.5) is 0 Å². The number of fused-ring (bicyclic) bond motifs is 2. The van der Waals surface area contributed by atoms with Crippen LogP contribution >= 0.6 is 0 Å². The molecule has 0 aromatic heterocycles. The minimum atomic E-state index is 0.853. The third-order valence-corrected chi connectivity index (χ3v) is 5.78. The molecule has 3 fully saturated rings. The second-order valence-electron chi connectivity index (χ2n) is 6.98. The zero-order chi connectivity index (χ0) is 13.1. The van der Waals surface area contributed by atoms with Gasteiger partial charge in [-0.05, 0) is 84.1 Å². The molecule has 0 aliphatic carbocycles. The van der Waals surface area contributed by atoms with Crippen LogP contribution in [0.1, 0.15) is 44.9 Å². The Kier molecular flexibility index (Phi) is 4.78. The van der Waals surface area contributed by atoms with Gasteiger partial charge in [0.2, 0.25) is 0 Å². The van der Waals surface area contributed by atoms with E-state index in [0.29, 0.717) is 0 Å². The molecule has 0 amide bonds. The molecule has 110 valence electrons. The standard InChI is InChI=1S/C16H31N3/c1-18-15-4-5-16(18)13-19(12-8-15)11-2-3-14-6-9-17-10-7-14/h14-17H,2-13H2,1H3. The van der Waals surface area contributed by atoms with Crippen molar-refractivity contribution in [2.45, 2.75) is 57.0 Å². The molecule has 0 radical (unpaired) electrons. The molecule has 0 aromatic carbocycles. The normalized spacial score (nSPS) is 34.6. The third-order valence-electron chi connectivity index (χ3n) is 5.78. The van der Waals surface area contributed by atoms with Gasteiger partial charge in [-0.1, -0.05) is 0 Å². The monoisotopic (exact) mass is 265 g/mol. The molecule has 3 aliphatic rings. The van der Waals surface area contributed by atoms with Crippen molar-refractivity contribution in [3.05, 3.63) is 0 Å². The molecule has 3 heterocycles. The highest BCUT2D eigenvalue weighted by Gasteiger charge is 2.34. The first-order chi connectivity index (χ1) is 9.33. The maximum Gasteiger partial charge on any atom is 0.0223 e. The van der Waals surface area contributed by atoms with Crippen LogP contribution in [0.5, 0.6) is 0 Å². The molecule has 0 spiro atoms. The number of piperidine rings is 1. The summed E-state index contributed by atoms with van der Waals surface area (Å²) in [7, 11) is 2.35. The Morgan fingerprint density at radius 3 is 2.63 bits per heavy atom. The van der Waals surface area contributed by atoms with Crippen LogP contribution in [0, 0.1) is 5.92 Å². The Morgan fingerprint density at radius 2 is 1.79 bits per heavy atom. The maximum atomic E-state index is 3.47. The molecule has 2 atom stereocenters. The largest absolute Gasteiger partial charge is 0.317 e. The zero-order valence-electron chi connectivity index (χ0n) is 12.6. The predicted octanol–water partition coefficient (Wildman–Crippen LogP) is 1.93. The van der Waals surface area contributed by atoms with E-state index in [0.717, 1.165) is 18.0 Å². The van der Waals surface area contributed by atoms with E-state index in [4.69, 9.17) is 0 Å². The lowest BCUT2D eigenvalue weighted by molar-refractivity contribution is 0.212. The number of nitrogens with zero attached hydrogens (tertiary/aromatic N) is 2. The number of nitrogens with one attached hydrogen (secondary N) is 1. The summed E-state index contributed by atoms with van der Waals surface area (Å²) in [4.78, 5) is 5.41. The van der Waals surface area contributed by atoms with Crippen molar-refractivity contribution in [3.8, 4) is 0 Å². The van der Waals surface area contributed by atoms with Crippen LogP contribution < -0.4 is 5.32 Å². The fourth-order valence-electron chi connectivity index (χ4n) is 4.36. The zero-order valence-corrected chi connectivity index (χ0v) is 12.6. The molecule has 3 rings (SSSR count). The summed E-state index contributed by atoms with van der Waals surface area (Å²) in [6, 6.07) is 1.74. The summed E-state index contributed by atoms with van der Waals surface area (Å²) in [5.41, 5.74) is 0. The highest BCUT2D eigenvalue weighted by molar-refractivity contribution is 4.90. The Morgan fingerprint density at radius 1 is 1.00 bits per heavy atom. The van der Waals surface area contributed by atoms with Gasteiger partial charge in [0.05, 0.1) is 0 Å². The Balaban J connectivity index is 1.38. The number of likely N-dealkylation sites (tertiary alicyclic amines) is 1. The summed E-state index contributed by atoms with van der Waals surface area (Å²) in [5.74, 6) is 1.01. The maximum absolute atomic E-state index is 3.47. The molecule has 3 aliphatic heterocycles. The minimum absolute atomic E-state index is 0.853.